The van der Waals surface area contributed by atoms with Gasteiger partial charge in [-0.1, -0.05) is 0 Å². The standard InChI is InChI=1S/C17H42O17Si4.11C2H4/c1-18-13-15-20-22-24-26-28-30-31-29-27-25-23-21-16-14-19-12-11-17-38(10,33-36(5,6)7)34-37(8,9)32-35(2,3)4;11*1-2/h13,15H,11-12,14,16-17H2,1-10H3;11*1-2H2/b15-13-;;;;;;;;;;;. The first-order chi connectivity index (χ1) is 28.7. The van der Waals surface area contributed by atoms with Gasteiger partial charge in [0.25, 0.3) is 0 Å². The molecule has 0 saturated heterocycles. The van der Waals surface area contributed by atoms with Crippen molar-refractivity contribution >= 4 is 33.8 Å². The molecule has 0 aromatic carbocycles. The van der Waals surface area contributed by atoms with E-state index in [0.717, 1.165) is 25.0 Å². The Balaban J connectivity index is -0.0000000898. The van der Waals surface area contributed by atoms with E-state index in [1.54, 1.807) is 0 Å². The summed E-state index contributed by atoms with van der Waals surface area (Å²) in [5.74, 6) is 0. The fraction of sp³-hybridized carbons (Fsp3) is 0.385. The van der Waals surface area contributed by atoms with Crippen LogP contribution in [0.1, 0.15) is 6.42 Å². The van der Waals surface area contributed by atoms with E-state index in [4.69, 9.17) is 17.1 Å². The van der Waals surface area contributed by atoms with E-state index in [2.05, 4.69) is 269 Å². The van der Waals surface area contributed by atoms with Crippen LogP contribution in [0, 0.1) is 0 Å². The highest BCUT2D eigenvalue weighted by molar-refractivity contribution is 6.89. The molecular formula is C39H86O17Si4. The fourth-order valence-corrected chi connectivity index (χ4v) is 20.9. The molecule has 0 heterocycles. The molecule has 0 aliphatic carbocycles. The van der Waals surface area contributed by atoms with Gasteiger partial charge in [-0.3, -0.25) is 0 Å². The molecule has 0 amide bonds. The zero-order valence-electron chi connectivity index (χ0n) is 39.2. The lowest BCUT2D eigenvalue weighted by atomic mass is 10.5. The van der Waals surface area contributed by atoms with Crippen LogP contribution in [0.25, 0.3) is 0 Å². The van der Waals surface area contributed by atoms with E-state index in [1.807, 2.05) is 0 Å². The number of hydrogen-bond acceptors (Lipinski definition) is 17. The van der Waals surface area contributed by atoms with Gasteiger partial charge in [0.1, 0.15) is 12.9 Å². The van der Waals surface area contributed by atoms with Crippen LogP contribution < -0.4 is 0 Å². The Morgan fingerprint density at radius 1 is 0.367 bits per heavy atom. The summed E-state index contributed by atoms with van der Waals surface area (Å²) in [4.78, 5) is 8.85. The van der Waals surface area contributed by atoms with E-state index in [9.17, 15) is 0 Å². The number of rotatable bonds is 26. The van der Waals surface area contributed by atoms with E-state index >= 15 is 0 Å². The lowest BCUT2D eigenvalue weighted by Crippen LogP contribution is -2.56. The van der Waals surface area contributed by atoms with Gasteiger partial charge < -0.3 is 26.7 Å². The Kier molecular flexibility index (Phi) is 122. The molecule has 0 aliphatic rings. The minimum Gasteiger partial charge on any atom is -0.501 e. The molecule has 0 N–H and O–H groups in total. The van der Waals surface area contributed by atoms with Gasteiger partial charge >= 0.3 is 17.1 Å². The molecule has 21 heteroatoms. The number of hydrogen-bond donors (Lipinski definition) is 0. The van der Waals surface area contributed by atoms with Crippen LogP contribution in [-0.2, 0) is 82.0 Å². The first kappa shape index (κ1) is 88.1. The van der Waals surface area contributed by atoms with Gasteiger partial charge in [-0.25, -0.2) is 4.89 Å². The van der Waals surface area contributed by atoms with Gasteiger partial charge in [0.2, 0.25) is 0 Å². The fourth-order valence-electron chi connectivity index (χ4n) is 3.00. The number of methoxy groups -OCH3 is 1. The minimum absolute atomic E-state index is 0.0389. The SMILES string of the molecule is C=C.C=C.C=C.C=C.C=C.C=C.C=C.C=C.C=C.C=C.C=C.CO/C=C\OOOOOOOOOOOOCCOCCC[Si](C)(O[Si](C)(C)C)O[Si](C)(C)O[Si](C)(C)C. The average Bonchev–Trinajstić information content (AvgIpc) is 3.26. The van der Waals surface area contributed by atoms with Crippen LogP contribution in [0.4, 0.5) is 0 Å². The van der Waals surface area contributed by atoms with Crippen LogP contribution in [0.2, 0.25) is 65.0 Å². The second kappa shape index (κ2) is 83.4. The third-order valence-corrected chi connectivity index (χ3v) is 16.9. The van der Waals surface area contributed by atoms with Gasteiger partial charge in [-0.15, -0.1) is 145 Å². The van der Waals surface area contributed by atoms with Crippen molar-refractivity contribution in [2.75, 3.05) is 26.9 Å². The van der Waals surface area contributed by atoms with Crippen LogP contribution >= 0.6 is 0 Å². The maximum Gasteiger partial charge on any atom is 0.315 e. The van der Waals surface area contributed by atoms with Crippen molar-refractivity contribution in [2.24, 2.45) is 0 Å². The Morgan fingerprint density at radius 3 is 1.03 bits per heavy atom. The second-order valence-corrected chi connectivity index (χ2v) is 26.4. The van der Waals surface area contributed by atoms with Gasteiger partial charge in [0.05, 0.1) is 13.7 Å². The molecular weight excluding hydrogens is 853 g/mol. The lowest BCUT2D eigenvalue weighted by molar-refractivity contribution is -0.862. The summed E-state index contributed by atoms with van der Waals surface area (Å²) in [7, 11) is -6.96. The van der Waals surface area contributed by atoms with Gasteiger partial charge in [0, 0.05) is 31.8 Å². The van der Waals surface area contributed by atoms with E-state index in [-0.39, 0.29) is 13.2 Å². The summed E-state index contributed by atoms with van der Waals surface area (Å²) in [5.41, 5.74) is 0. The summed E-state index contributed by atoms with van der Waals surface area (Å²) in [6.45, 7) is 86.0. The molecule has 1 unspecified atom stereocenters. The molecule has 0 aromatic heterocycles. The highest BCUT2D eigenvalue weighted by Crippen LogP contribution is 2.27. The Labute approximate surface area is 370 Å². The average molecular weight is 939 g/mol. The Bertz CT molecular complexity index is 744. The molecule has 0 rings (SSSR count). The monoisotopic (exact) mass is 938 g/mol. The predicted molar refractivity (Wildman–Crippen MR) is 257 cm³/mol. The predicted octanol–water partition coefficient (Wildman–Crippen LogP) is 13.1. The van der Waals surface area contributed by atoms with Crippen LogP contribution in [0.5, 0.6) is 0 Å². The molecule has 17 nitrogen and oxygen atoms in total. The third-order valence-electron chi connectivity index (χ3n) is 3.35. The zero-order chi connectivity index (χ0) is 51.0. The zero-order valence-corrected chi connectivity index (χ0v) is 43.2. The van der Waals surface area contributed by atoms with E-state index < -0.39 is 33.8 Å². The smallest absolute Gasteiger partial charge is 0.315 e. The van der Waals surface area contributed by atoms with Gasteiger partial charge in [-0.05, 0) is 96.6 Å². The van der Waals surface area contributed by atoms with E-state index in [0.29, 0.717) is 6.61 Å². The first-order valence-electron chi connectivity index (χ1n) is 17.0. The van der Waals surface area contributed by atoms with Crippen LogP contribution in [0.15, 0.2) is 157 Å². The van der Waals surface area contributed by atoms with Crippen molar-refractivity contribution in [3.05, 3.63) is 157 Å². The summed E-state index contributed by atoms with van der Waals surface area (Å²) < 4.78 is 29.6. The second-order valence-electron chi connectivity index (χ2n) is 9.89. The first-order valence-corrected chi connectivity index (χ1v) is 29.1. The number of ether oxygens (including phenoxy) is 2. The molecule has 0 radical (unpaired) electrons. The molecule has 0 aliphatic heterocycles. The summed E-state index contributed by atoms with van der Waals surface area (Å²) in [6.07, 6.45) is 2.88. The van der Waals surface area contributed by atoms with Crippen molar-refractivity contribution in [3.8, 4) is 0 Å². The Hall–Kier alpha value is -3.25. The topological polar surface area (TPSA) is 157 Å². The highest BCUT2D eigenvalue weighted by Gasteiger charge is 2.44. The van der Waals surface area contributed by atoms with E-state index in [1.165, 1.54) is 7.11 Å². The third kappa shape index (κ3) is 111. The summed E-state index contributed by atoms with van der Waals surface area (Å²) >= 11 is 0. The maximum atomic E-state index is 6.62. The summed E-state index contributed by atoms with van der Waals surface area (Å²) in [5, 5.41) is 38.6. The van der Waals surface area contributed by atoms with Crippen molar-refractivity contribution in [1.82, 2.24) is 0 Å². The van der Waals surface area contributed by atoms with Crippen molar-refractivity contribution in [3.63, 3.8) is 0 Å². The molecule has 0 fully saturated rings. The normalized spacial score (nSPS) is 10.0. The van der Waals surface area contributed by atoms with Crippen LogP contribution in [-0.4, -0.2) is 60.7 Å². The molecule has 1 atom stereocenters. The molecule has 0 bridgehead atoms. The van der Waals surface area contributed by atoms with Crippen molar-refractivity contribution < 1.29 is 82.0 Å². The van der Waals surface area contributed by atoms with Crippen LogP contribution in [0.3, 0.4) is 0 Å². The molecule has 0 saturated carbocycles. The quantitative estimate of drug-likeness (QED) is 0.0201. The maximum absolute atomic E-state index is 6.62. The van der Waals surface area contributed by atoms with Gasteiger partial charge in [-0.2, -0.15) is 0 Å². The van der Waals surface area contributed by atoms with Gasteiger partial charge in [0.15, 0.2) is 22.9 Å². The Morgan fingerprint density at radius 2 is 0.700 bits per heavy atom. The largest absolute Gasteiger partial charge is 0.501 e. The minimum atomic E-state index is -2.46. The van der Waals surface area contributed by atoms with Crippen molar-refractivity contribution in [1.29, 1.82) is 0 Å². The highest BCUT2D eigenvalue weighted by atomic mass is 28.5. The molecule has 0 spiro atoms. The molecule has 0 aromatic rings. The molecule has 360 valence electrons. The van der Waals surface area contributed by atoms with Crippen molar-refractivity contribution in [2.45, 2.75) is 71.4 Å². The molecule has 60 heavy (non-hydrogen) atoms. The lowest BCUT2D eigenvalue weighted by Gasteiger charge is -2.41. The summed E-state index contributed by atoms with van der Waals surface area (Å²) in [6, 6.07) is 0.782.